The molecule has 0 fully saturated rings. The Morgan fingerprint density at radius 1 is 0.875 bits per heavy atom. The summed E-state index contributed by atoms with van der Waals surface area (Å²) in [4.78, 5) is 7.70. The number of H-pyrrole nitrogens is 1. The van der Waals surface area contributed by atoms with Crippen LogP contribution in [0.5, 0.6) is 0 Å². The topological polar surface area (TPSA) is 53.1 Å². The van der Waals surface area contributed by atoms with Crippen LogP contribution in [0.4, 0.5) is 5.82 Å². The summed E-state index contributed by atoms with van der Waals surface area (Å²) >= 11 is 0. The molecule has 0 saturated carbocycles. The van der Waals surface area contributed by atoms with Gasteiger partial charge in [0.15, 0.2) is 0 Å². The molecule has 2 aromatic carbocycles. The van der Waals surface area contributed by atoms with Crippen LogP contribution in [-0.4, -0.2) is 16.2 Å². The summed E-state index contributed by atoms with van der Waals surface area (Å²) in [6.07, 6.45) is 3.58. The summed E-state index contributed by atoms with van der Waals surface area (Å²) in [5.74, 6) is 0.717. The lowest BCUT2D eigenvalue weighted by Crippen LogP contribution is -1.93. The van der Waals surface area contributed by atoms with Crippen molar-refractivity contribution >= 4 is 22.9 Å². The quantitative estimate of drug-likeness (QED) is 0.425. The van der Waals surface area contributed by atoms with Crippen LogP contribution in [0.2, 0.25) is 0 Å². The monoisotopic (exact) mass is 312 g/mol. The van der Waals surface area contributed by atoms with Crippen LogP contribution < -0.4 is 5.43 Å². The second kappa shape index (κ2) is 6.38. The maximum absolute atomic E-state index is 4.36. The normalized spacial score (nSPS) is 11.2. The van der Waals surface area contributed by atoms with E-state index < -0.39 is 0 Å². The van der Waals surface area contributed by atoms with E-state index in [4.69, 9.17) is 0 Å². The number of nitrogens with zero attached hydrogens (tertiary/aromatic N) is 2. The smallest absolute Gasteiger partial charge is 0.146 e. The van der Waals surface area contributed by atoms with E-state index in [9.17, 15) is 0 Å². The van der Waals surface area contributed by atoms with Crippen LogP contribution >= 0.6 is 0 Å². The minimum atomic E-state index is 0.717. The van der Waals surface area contributed by atoms with Crippen LogP contribution in [0.25, 0.3) is 22.2 Å². The van der Waals surface area contributed by atoms with Crippen molar-refractivity contribution in [2.75, 3.05) is 5.43 Å². The van der Waals surface area contributed by atoms with Crippen molar-refractivity contribution in [2.24, 2.45) is 5.10 Å². The summed E-state index contributed by atoms with van der Waals surface area (Å²) in [5.41, 5.74) is 7.31. The van der Waals surface area contributed by atoms with Crippen LogP contribution in [-0.2, 0) is 0 Å². The Bertz CT molecular complexity index is 972. The second-order valence-electron chi connectivity index (χ2n) is 5.41. The lowest BCUT2D eigenvalue weighted by atomic mass is 10.1. The number of aromatic amines is 1. The van der Waals surface area contributed by atoms with E-state index in [0.29, 0.717) is 0 Å². The molecule has 0 radical (unpaired) electrons. The van der Waals surface area contributed by atoms with Gasteiger partial charge in [0.25, 0.3) is 0 Å². The van der Waals surface area contributed by atoms with E-state index >= 15 is 0 Å². The molecule has 0 amide bonds. The Hall–Kier alpha value is -3.40. The number of aromatic nitrogens is 2. The highest BCUT2D eigenvalue weighted by atomic mass is 15.3. The number of nitrogens with one attached hydrogen (secondary N) is 2. The number of anilines is 1. The fraction of sp³-hybridized carbons (Fsp3) is 0. The zero-order valence-corrected chi connectivity index (χ0v) is 13.0. The van der Waals surface area contributed by atoms with Crippen molar-refractivity contribution in [1.29, 1.82) is 0 Å². The molecule has 4 aromatic rings. The molecular formula is C20H16N4. The third kappa shape index (κ3) is 2.77. The number of fused-ring (bicyclic) bond motifs is 1. The Morgan fingerprint density at radius 2 is 1.67 bits per heavy atom. The van der Waals surface area contributed by atoms with Crippen molar-refractivity contribution in [2.45, 2.75) is 0 Å². The number of hydrogen-bond acceptors (Lipinski definition) is 3. The molecule has 116 valence electrons. The Labute approximate surface area is 139 Å². The van der Waals surface area contributed by atoms with Crippen molar-refractivity contribution in [3.8, 4) is 11.3 Å². The molecule has 0 spiro atoms. The standard InChI is InChI=1S/C20H16N4/c1-2-8-15(9-3-1)20-17(16-10-4-5-11-18(16)23-20)14-22-24-19-12-6-7-13-21-19/h1-14,23H,(H,21,24). The number of para-hydroxylation sites is 1. The summed E-state index contributed by atoms with van der Waals surface area (Å²) in [6.45, 7) is 0. The first-order valence-electron chi connectivity index (χ1n) is 7.78. The minimum Gasteiger partial charge on any atom is -0.354 e. The van der Waals surface area contributed by atoms with Gasteiger partial charge in [-0.25, -0.2) is 4.98 Å². The summed E-state index contributed by atoms with van der Waals surface area (Å²) in [7, 11) is 0. The van der Waals surface area contributed by atoms with Gasteiger partial charge in [-0.1, -0.05) is 54.6 Å². The molecule has 2 heterocycles. The summed E-state index contributed by atoms with van der Waals surface area (Å²) in [6, 6.07) is 24.2. The number of benzene rings is 2. The van der Waals surface area contributed by atoms with E-state index in [1.54, 1.807) is 6.20 Å². The van der Waals surface area contributed by atoms with Crippen LogP contribution in [0.1, 0.15) is 5.56 Å². The predicted octanol–water partition coefficient (Wildman–Crippen LogP) is 4.68. The van der Waals surface area contributed by atoms with Gasteiger partial charge in [0.2, 0.25) is 0 Å². The van der Waals surface area contributed by atoms with Crippen molar-refractivity contribution in [3.63, 3.8) is 0 Å². The average Bonchev–Trinajstić information content (AvgIpc) is 3.02. The molecule has 0 aliphatic carbocycles. The Balaban J connectivity index is 1.75. The van der Waals surface area contributed by atoms with Crippen LogP contribution in [0.15, 0.2) is 84.1 Å². The van der Waals surface area contributed by atoms with Gasteiger partial charge in [0.1, 0.15) is 5.82 Å². The van der Waals surface area contributed by atoms with Crippen molar-refractivity contribution in [1.82, 2.24) is 9.97 Å². The third-order valence-electron chi connectivity index (χ3n) is 3.85. The van der Waals surface area contributed by atoms with E-state index in [-0.39, 0.29) is 0 Å². The molecular weight excluding hydrogens is 296 g/mol. The van der Waals surface area contributed by atoms with Gasteiger partial charge in [0.05, 0.1) is 11.9 Å². The fourth-order valence-corrected chi connectivity index (χ4v) is 2.72. The zero-order chi connectivity index (χ0) is 16.2. The molecule has 24 heavy (non-hydrogen) atoms. The first kappa shape index (κ1) is 14.2. The SMILES string of the molecule is C(=NNc1ccccn1)c1c(-c2ccccc2)[nH]c2ccccc12. The maximum atomic E-state index is 4.36. The Kier molecular flexibility index (Phi) is 3.78. The van der Waals surface area contributed by atoms with Gasteiger partial charge in [0, 0.05) is 22.7 Å². The lowest BCUT2D eigenvalue weighted by Gasteiger charge is -2.01. The molecule has 4 rings (SSSR count). The van der Waals surface area contributed by atoms with Gasteiger partial charge in [-0.05, 0) is 23.8 Å². The van der Waals surface area contributed by atoms with Crippen LogP contribution in [0.3, 0.4) is 0 Å². The van der Waals surface area contributed by atoms with Crippen molar-refractivity contribution in [3.05, 3.63) is 84.6 Å². The third-order valence-corrected chi connectivity index (χ3v) is 3.85. The largest absolute Gasteiger partial charge is 0.354 e. The fourth-order valence-electron chi connectivity index (χ4n) is 2.72. The molecule has 0 unspecified atom stereocenters. The summed E-state index contributed by atoms with van der Waals surface area (Å²) < 4.78 is 0. The molecule has 4 heteroatoms. The highest BCUT2D eigenvalue weighted by Crippen LogP contribution is 2.28. The molecule has 2 N–H and O–H groups in total. The zero-order valence-electron chi connectivity index (χ0n) is 13.0. The first-order valence-corrected chi connectivity index (χ1v) is 7.78. The lowest BCUT2D eigenvalue weighted by molar-refractivity contribution is 1.23. The predicted molar refractivity (Wildman–Crippen MR) is 99.2 cm³/mol. The summed E-state index contributed by atoms with van der Waals surface area (Å²) in [5, 5.41) is 5.50. The minimum absolute atomic E-state index is 0.717. The van der Waals surface area contributed by atoms with Crippen molar-refractivity contribution < 1.29 is 0 Å². The number of pyridine rings is 1. The number of hydrogen-bond donors (Lipinski definition) is 2. The molecule has 2 aromatic heterocycles. The van der Waals surface area contributed by atoms with Crippen LogP contribution in [0, 0.1) is 0 Å². The molecule has 4 nitrogen and oxygen atoms in total. The second-order valence-corrected chi connectivity index (χ2v) is 5.41. The van der Waals surface area contributed by atoms with E-state index in [0.717, 1.165) is 33.5 Å². The average molecular weight is 312 g/mol. The van der Waals surface area contributed by atoms with Gasteiger partial charge >= 0.3 is 0 Å². The highest BCUT2D eigenvalue weighted by molar-refractivity contribution is 6.06. The number of hydrazone groups is 1. The van der Waals surface area contributed by atoms with E-state index in [2.05, 4.69) is 44.8 Å². The Morgan fingerprint density at radius 3 is 2.50 bits per heavy atom. The molecule has 0 aliphatic heterocycles. The van der Waals surface area contributed by atoms with E-state index in [1.807, 2.05) is 54.7 Å². The molecule has 0 saturated heterocycles. The number of rotatable bonds is 4. The van der Waals surface area contributed by atoms with Gasteiger partial charge in [-0.15, -0.1) is 0 Å². The molecule has 0 bridgehead atoms. The highest BCUT2D eigenvalue weighted by Gasteiger charge is 2.10. The molecule has 0 atom stereocenters. The van der Waals surface area contributed by atoms with Gasteiger partial charge < -0.3 is 4.98 Å². The van der Waals surface area contributed by atoms with E-state index in [1.165, 1.54) is 0 Å². The van der Waals surface area contributed by atoms with Gasteiger partial charge in [-0.3, -0.25) is 5.43 Å². The molecule has 0 aliphatic rings. The van der Waals surface area contributed by atoms with Gasteiger partial charge in [-0.2, -0.15) is 5.10 Å². The maximum Gasteiger partial charge on any atom is 0.146 e. The first-order chi connectivity index (χ1) is 11.9.